The molecule has 0 aromatic heterocycles. The minimum atomic E-state index is 0.0220. The van der Waals surface area contributed by atoms with Crippen molar-refractivity contribution in [2.45, 2.75) is 31.3 Å². The van der Waals surface area contributed by atoms with E-state index in [9.17, 15) is 9.90 Å². The summed E-state index contributed by atoms with van der Waals surface area (Å²) in [5.41, 5.74) is 0.561. The lowest BCUT2D eigenvalue weighted by molar-refractivity contribution is 0.0740. The number of carbonyl (C=O) groups excluding carboxylic acids is 1. The molecule has 2 heterocycles. The molecule has 2 saturated heterocycles. The Morgan fingerprint density at radius 1 is 1.30 bits per heavy atom. The number of aromatic hydroxyl groups is 1. The zero-order valence-corrected chi connectivity index (χ0v) is 13.1. The highest BCUT2D eigenvalue weighted by Gasteiger charge is 2.36. The first-order chi connectivity index (χ1) is 9.56. The van der Waals surface area contributed by atoms with Gasteiger partial charge in [-0.3, -0.25) is 9.69 Å². The molecule has 2 aliphatic heterocycles. The van der Waals surface area contributed by atoms with Crippen molar-refractivity contribution in [1.82, 2.24) is 9.80 Å². The molecule has 0 radical (unpaired) electrons. The van der Waals surface area contributed by atoms with E-state index >= 15 is 0 Å². The third-order valence-electron chi connectivity index (χ3n) is 4.63. The SMILES string of the molecule is CN1C2CCC1CN(C(=O)c1ccc(Br)c(O)c1)CC2. The van der Waals surface area contributed by atoms with E-state index in [1.807, 2.05) is 4.90 Å². The van der Waals surface area contributed by atoms with Gasteiger partial charge in [-0.05, 0) is 60.4 Å². The number of likely N-dealkylation sites (tertiary alicyclic amines) is 1. The van der Waals surface area contributed by atoms with Crippen molar-refractivity contribution in [3.8, 4) is 5.75 Å². The summed E-state index contributed by atoms with van der Waals surface area (Å²) >= 11 is 3.24. The molecule has 2 atom stereocenters. The van der Waals surface area contributed by atoms with Gasteiger partial charge in [0.25, 0.3) is 5.91 Å². The standard InChI is InChI=1S/C15H19BrN2O2/c1-17-11-3-4-12(17)9-18(7-6-11)15(20)10-2-5-13(16)14(19)8-10/h2,5,8,11-12,19H,3-4,6-7,9H2,1H3. The summed E-state index contributed by atoms with van der Waals surface area (Å²) in [6, 6.07) is 6.13. The average molecular weight is 339 g/mol. The number of rotatable bonds is 1. The topological polar surface area (TPSA) is 43.8 Å². The highest BCUT2D eigenvalue weighted by Crippen LogP contribution is 2.30. The summed E-state index contributed by atoms with van der Waals surface area (Å²) in [5.74, 6) is 0.137. The molecule has 108 valence electrons. The number of nitrogens with zero attached hydrogens (tertiary/aromatic N) is 2. The van der Waals surface area contributed by atoms with Crippen molar-refractivity contribution in [2.24, 2.45) is 0 Å². The van der Waals surface area contributed by atoms with Crippen molar-refractivity contribution >= 4 is 21.8 Å². The molecule has 2 aliphatic rings. The predicted molar refractivity (Wildman–Crippen MR) is 80.9 cm³/mol. The van der Waals surface area contributed by atoms with Gasteiger partial charge in [-0.1, -0.05) is 0 Å². The van der Waals surface area contributed by atoms with Crippen LogP contribution in [0.25, 0.3) is 0 Å². The Morgan fingerprint density at radius 2 is 2.05 bits per heavy atom. The second-order valence-corrected chi connectivity index (χ2v) is 6.61. The molecule has 1 aromatic rings. The quantitative estimate of drug-likeness (QED) is 0.855. The van der Waals surface area contributed by atoms with Crippen LogP contribution in [0.5, 0.6) is 5.75 Å². The summed E-state index contributed by atoms with van der Waals surface area (Å²) < 4.78 is 0.615. The summed E-state index contributed by atoms with van der Waals surface area (Å²) in [6.45, 7) is 1.60. The molecule has 2 bridgehead atoms. The van der Waals surface area contributed by atoms with Crippen LogP contribution in [0.2, 0.25) is 0 Å². The van der Waals surface area contributed by atoms with Crippen LogP contribution in [0.4, 0.5) is 0 Å². The minimum absolute atomic E-state index is 0.0220. The lowest BCUT2D eigenvalue weighted by atomic mass is 10.1. The fourth-order valence-corrected chi connectivity index (χ4v) is 3.57. The molecule has 1 aromatic carbocycles. The zero-order chi connectivity index (χ0) is 14.3. The van der Waals surface area contributed by atoms with Crippen molar-refractivity contribution < 1.29 is 9.90 Å². The Labute approximate surface area is 127 Å². The first kappa shape index (κ1) is 13.9. The first-order valence-corrected chi connectivity index (χ1v) is 7.85. The van der Waals surface area contributed by atoms with Gasteiger partial charge in [0.2, 0.25) is 0 Å². The van der Waals surface area contributed by atoms with Crippen LogP contribution in [0.1, 0.15) is 29.6 Å². The molecule has 2 unspecified atom stereocenters. The molecule has 2 fully saturated rings. The Kier molecular flexibility index (Phi) is 3.73. The molecular formula is C15H19BrN2O2. The summed E-state index contributed by atoms with van der Waals surface area (Å²) in [4.78, 5) is 16.9. The second-order valence-electron chi connectivity index (χ2n) is 5.76. The molecule has 3 rings (SSSR count). The number of amides is 1. The van der Waals surface area contributed by atoms with Crippen LogP contribution in [-0.2, 0) is 0 Å². The van der Waals surface area contributed by atoms with Crippen LogP contribution in [-0.4, -0.2) is 53.0 Å². The van der Waals surface area contributed by atoms with E-state index in [4.69, 9.17) is 0 Å². The number of fused-ring (bicyclic) bond motifs is 2. The molecule has 1 N–H and O–H groups in total. The van der Waals surface area contributed by atoms with Crippen molar-refractivity contribution in [3.05, 3.63) is 28.2 Å². The van der Waals surface area contributed by atoms with Crippen LogP contribution in [0, 0.1) is 0 Å². The maximum absolute atomic E-state index is 12.6. The van der Waals surface area contributed by atoms with Gasteiger partial charge >= 0.3 is 0 Å². The van der Waals surface area contributed by atoms with E-state index in [1.165, 1.54) is 12.8 Å². The number of carbonyl (C=O) groups is 1. The maximum Gasteiger partial charge on any atom is 0.254 e. The zero-order valence-electron chi connectivity index (χ0n) is 11.6. The van der Waals surface area contributed by atoms with Gasteiger partial charge in [0.05, 0.1) is 4.47 Å². The smallest absolute Gasteiger partial charge is 0.254 e. The van der Waals surface area contributed by atoms with Gasteiger partial charge in [-0.2, -0.15) is 0 Å². The molecule has 20 heavy (non-hydrogen) atoms. The monoisotopic (exact) mass is 338 g/mol. The number of halogens is 1. The lowest BCUT2D eigenvalue weighted by Crippen LogP contribution is -2.39. The number of phenols is 1. The average Bonchev–Trinajstić information content (AvgIpc) is 2.66. The van der Waals surface area contributed by atoms with Crippen molar-refractivity contribution in [1.29, 1.82) is 0 Å². The molecule has 4 nitrogen and oxygen atoms in total. The first-order valence-electron chi connectivity index (χ1n) is 7.06. The van der Waals surface area contributed by atoms with E-state index < -0.39 is 0 Å². The Morgan fingerprint density at radius 3 is 2.80 bits per heavy atom. The van der Waals surface area contributed by atoms with Gasteiger partial charge in [-0.25, -0.2) is 0 Å². The van der Waals surface area contributed by atoms with Crippen LogP contribution < -0.4 is 0 Å². The minimum Gasteiger partial charge on any atom is -0.507 e. The number of likely N-dealkylation sites (N-methyl/N-ethyl adjacent to an activating group) is 1. The van der Waals surface area contributed by atoms with Gasteiger partial charge < -0.3 is 10.0 Å². The number of hydrogen-bond acceptors (Lipinski definition) is 3. The summed E-state index contributed by atoms with van der Waals surface area (Å²) in [5, 5.41) is 9.72. The third-order valence-corrected chi connectivity index (χ3v) is 5.30. The number of phenolic OH excluding ortho intramolecular Hbond substituents is 1. The molecule has 0 saturated carbocycles. The lowest BCUT2D eigenvalue weighted by Gasteiger charge is -2.26. The van der Waals surface area contributed by atoms with Gasteiger partial charge in [0, 0.05) is 30.7 Å². The fraction of sp³-hybridized carbons (Fsp3) is 0.533. The van der Waals surface area contributed by atoms with Gasteiger partial charge in [-0.15, -0.1) is 0 Å². The molecule has 5 heteroatoms. The normalized spacial score (nSPS) is 26.6. The molecule has 0 aliphatic carbocycles. The number of hydrogen-bond donors (Lipinski definition) is 1. The van der Waals surface area contributed by atoms with Gasteiger partial charge in [0.1, 0.15) is 5.75 Å². The predicted octanol–water partition coefficient (Wildman–Crippen LogP) is 2.46. The third kappa shape index (κ3) is 2.44. The van der Waals surface area contributed by atoms with Gasteiger partial charge in [0.15, 0.2) is 0 Å². The van der Waals surface area contributed by atoms with E-state index in [2.05, 4.69) is 27.9 Å². The number of benzene rings is 1. The largest absolute Gasteiger partial charge is 0.507 e. The van der Waals surface area contributed by atoms with E-state index in [0.29, 0.717) is 22.1 Å². The van der Waals surface area contributed by atoms with Crippen LogP contribution in [0.3, 0.4) is 0 Å². The highest BCUT2D eigenvalue weighted by molar-refractivity contribution is 9.10. The Bertz CT molecular complexity index is 535. The van der Waals surface area contributed by atoms with E-state index in [1.54, 1.807) is 18.2 Å². The van der Waals surface area contributed by atoms with E-state index in [0.717, 1.165) is 19.5 Å². The Balaban J connectivity index is 1.78. The van der Waals surface area contributed by atoms with Crippen LogP contribution >= 0.6 is 15.9 Å². The molecule has 1 amide bonds. The van der Waals surface area contributed by atoms with E-state index in [-0.39, 0.29) is 11.7 Å². The maximum atomic E-state index is 12.6. The Hall–Kier alpha value is -1.07. The summed E-state index contributed by atoms with van der Waals surface area (Å²) in [6.07, 6.45) is 3.47. The summed E-state index contributed by atoms with van der Waals surface area (Å²) in [7, 11) is 2.17. The molecule has 0 spiro atoms. The fourth-order valence-electron chi connectivity index (χ4n) is 3.32. The molecular weight excluding hydrogens is 320 g/mol. The van der Waals surface area contributed by atoms with Crippen molar-refractivity contribution in [2.75, 3.05) is 20.1 Å². The van der Waals surface area contributed by atoms with Crippen LogP contribution in [0.15, 0.2) is 22.7 Å². The van der Waals surface area contributed by atoms with Crippen molar-refractivity contribution in [3.63, 3.8) is 0 Å². The second kappa shape index (κ2) is 5.37. The highest BCUT2D eigenvalue weighted by atomic mass is 79.9.